The molecule has 0 radical (unpaired) electrons. The fourth-order valence-electron chi connectivity index (χ4n) is 2.28. The SMILES string of the molecule is CCOC(=O)C(CN)(CC(C)OC)c1cc(F)cc(F)c1. The van der Waals surface area contributed by atoms with Crippen molar-refractivity contribution in [2.75, 3.05) is 20.3 Å². The van der Waals surface area contributed by atoms with E-state index in [1.807, 2.05) is 0 Å². The highest BCUT2D eigenvalue weighted by Gasteiger charge is 2.42. The molecule has 21 heavy (non-hydrogen) atoms. The highest BCUT2D eigenvalue weighted by atomic mass is 19.1. The number of ether oxygens (including phenoxy) is 2. The molecule has 0 bridgehead atoms. The Labute approximate surface area is 123 Å². The third-order valence-corrected chi connectivity index (χ3v) is 3.47. The van der Waals surface area contributed by atoms with Crippen LogP contribution >= 0.6 is 0 Å². The third kappa shape index (κ3) is 3.98. The van der Waals surface area contributed by atoms with Crippen molar-refractivity contribution in [3.63, 3.8) is 0 Å². The Hall–Kier alpha value is -1.53. The summed E-state index contributed by atoms with van der Waals surface area (Å²) in [7, 11) is 1.49. The van der Waals surface area contributed by atoms with Crippen molar-refractivity contribution < 1.29 is 23.0 Å². The average Bonchev–Trinajstić information content (AvgIpc) is 2.43. The number of methoxy groups -OCH3 is 1. The van der Waals surface area contributed by atoms with Gasteiger partial charge in [-0.2, -0.15) is 0 Å². The second kappa shape index (κ2) is 7.47. The van der Waals surface area contributed by atoms with Gasteiger partial charge in [-0.15, -0.1) is 0 Å². The molecule has 4 nitrogen and oxygen atoms in total. The molecule has 1 aromatic carbocycles. The summed E-state index contributed by atoms with van der Waals surface area (Å²) >= 11 is 0. The Morgan fingerprint density at radius 1 is 1.33 bits per heavy atom. The summed E-state index contributed by atoms with van der Waals surface area (Å²) in [5.41, 5.74) is 4.59. The molecule has 0 heterocycles. The number of hydrogen-bond donors (Lipinski definition) is 1. The largest absolute Gasteiger partial charge is 0.465 e. The van der Waals surface area contributed by atoms with E-state index in [9.17, 15) is 13.6 Å². The van der Waals surface area contributed by atoms with Crippen LogP contribution in [0.5, 0.6) is 0 Å². The minimum absolute atomic E-state index is 0.136. The summed E-state index contributed by atoms with van der Waals surface area (Å²) in [5.74, 6) is -2.14. The molecule has 6 heteroatoms. The van der Waals surface area contributed by atoms with E-state index in [0.717, 1.165) is 18.2 Å². The first-order valence-corrected chi connectivity index (χ1v) is 6.76. The van der Waals surface area contributed by atoms with Gasteiger partial charge in [-0.3, -0.25) is 4.79 Å². The van der Waals surface area contributed by atoms with Crippen molar-refractivity contribution in [1.82, 2.24) is 0 Å². The van der Waals surface area contributed by atoms with Gasteiger partial charge in [0.2, 0.25) is 0 Å². The Kier molecular flexibility index (Phi) is 6.23. The first kappa shape index (κ1) is 17.5. The summed E-state index contributed by atoms with van der Waals surface area (Å²) in [6.07, 6.45) is -0.161. The van der Waals surface area contributed by atoms with Crippen LogP contribution in [0.4, 0.5) is 8.78 Å². The van der Waals surface area contributed by atoms with Gasteiger partial charge in [0.15, 0.2) is 0 Å². The maximum Gasteiger partial charge on any atom is 0.317 e. The first-order valence-electron chi connectivity index (χ1n) is 6.76. The zero-order valence-corrected chi connectivity index (χ0v) is 12.5. The van der Waals surface area contributed by atoms with Crippen molar-refractivity contribution in [3.8, 4) is 0 Å². The Morgan fingerprint density at radius 2 is 1.90 bits per heavy atom. The van der Waals surface area contributed by atoms with E-state index in [1.165, 1.54) is 7.11 Å². The van der Waals surface area contributed by atoms with Gasteiger partial charge >= 0.3 is 5.97 Å². The van der Waals surface area contributed by atoms with Gasteiger partial charge in [-0.25, -0.2) is 8.78 Å². The van der Waals surface area contributed by atoms with E-state index in [4.69, 9.17) is 15.2 Å². The summed E-state index contributed by atoms with van der Waals surface area (Å²) in [6.45, 7) is 3.42. The molecule has 0 fully saturated rings. The van der Waals surface area contributed by atoms with Gasteiger partial charge in [0.05, 0.1) is 12.7 Å². The molecule has 2 atom stereocenters. The molecule has 0 spiro atoms. The zero-order valence-electron chi connectivity index (χ0n) is 12.5. The standard InChI is InChI=1S/C15H21F2NO3/c1-4-21-14(19)15(9-18,8-10(2)20-3)11-5-12(16)7-13(17)6-11/h5-7,10H,4,8-9,18H2,1-3H3. The number of halogens is 2. The molecular formula is C15H21F2NO3. The smallest absolute Gasteiger partial charge is 0.317 e. The van der Waals surface area contributed by atoms with Crippen molar-refractivity contribution in [2.24, 2.45) is 5.73 Å². The Bertz CT molecular complexity index is 476. The van der Waals surface area contributed by atoms with Crippen molar-refractivity contribution in [2.45, 2.75) is 31.8 Å². The number of hydrogen-bond acceptors (Lipinski definition) is 4. The minimum atomic E-state index is -1.34. The number of esters is 1. The predicted molar refractivity (Wildman–Crippen MR) is 74.8 cm³/mol. The number of nitrogens with two attached hydrogens (primary N) is 1. The van der Waals surface area contributed by atoms with Gasteiger partial charge in [-0.05, 0) is 38.0 Å². The van der Waals surface area contributed by atoms with Gasteiger partial charge in [0.25, 0.3) is 0 Å². The first-order chi connectivity index (χ1) is 9.89. The average molecular weight is 301 g/mol. The lowest BCUT2D eigenvalue weighted by Crippen LogP contribution is -2.46. The topological polar surface area (TPSA) is 61.5 Å². The molecule has 0 aromatic heterocycles. The number of carbonyl (C=O) groups excluding carboxylic acids is 1. The second-order valence-electron chi connectivity index (χ2n) is 4.92. The van der Waals surface area contributed by atoms with Crippen LogP contribution in [0, 0.1) is 11.6 Å². The van der Waals surface area contributed by atoms with Crippen LogP contribution in [0.3, 0.4) is 0 Å². The van der Waals surface area contributed by atoms with Crippen LogP contribution in [0.2, 0.25) is 0 Å². The molecule has 0 saturated carbocycles. The highest BCUT2D eigenvalue weighted by Crippen LogP contribution is 2.32. The molecule has 1 aromatic rings. The van der Waals surface area contributed by atoms with Gasteiger partial charge in [0, 0.05) is 19.7 Å². The monoisotopic (exact) mass is 301 g/mol. The lowest BCUT2D eigenvalue weighted by atomic mass is 9.76. The molecule has 0 aliphatic carbocycles. The lowest BCUT2D eigenvalue weighted by Gasteiger charge is -2.32. The summed E-state index contributed by atoms with van der Waals surface area (Å²) in [4.78, 5) is 12.4. The van der Waals surface area contributed by atoms with Crippen LogP contribution < -0.4 is 5.73 Å². The molecule has 0 saturated heterocycles. The van der Waals surface area contributed by atoms with Crippen LogP contribution in [0.1, 0.15) is 25.8 Å². The second-order valence-corrected chi connectivity index (χ2v) is 4.92. The quantitative estimate of drug-likeness (QED) is 0.784. The number of benzene rings is 1. The molecule has 2 unspecified atom stereocenters. The molecule has 0 aliphatic heterocycles. The van der Waals surface area contributed by atoms with Crippen molar-refractivity contribution >= 4 is 5.97 Å². The van der Waals surface area contributed by atoms with Crippen molar-refractivity contribution in [1.29, 1.82) is 0 Å². The molecular weight excluding hydrogens is 280 g/mol. The molecule has 0 aliphatic rings. The van der Waals surface area contributed by atoms with E-state index in [-0.39, 0.29) is 31.2 Å². The molecule has 1 rings (SSSR count). The molecule has 118 valence electrons. The van der Waals surface area contributed by atoms with Gasteiger partial charge < -0.3 is 15.2 Å². The summed E-state index contributed by atoms with van der Waals surface area (Å²) in [5, 5.41) is 0. The molecule has 0 amide bonds. The lowest BCUT2D eigenvalue weighted by molar-refractivity contribution is -0.151. The maximum absolute atomic E-state index is 13.5. The zero-order chi connectivity index (χ0) is 16.0. The molecule has 2 N–H and O–H groups in total. The van der Waals surface area contributed by atoms with E-state index < -0.39 is 23.0 Å². The van der Waals surface area contributed by atoms with Crippen LogP contribution in [-0.4, -0.2) is 32.3 Å². The third-order valence-electron chi connectivity index (χ3n) is 3.47. The van der Waals surface area contributed by atoms with E-state index in [2.05, 4.69) is 0 Å². The highest BCUT2D eigenvalue weighted by molar-refractivity contribution is 5.83. The van der Waals surface area contributed by atoms with Gasteiger partial charge in [0.1, 0.15) is 17.0 Å². The van der Waals surface area contributed by atoms with Crippen LogP contribution in [0.15, 0.2) is 18.2 Å². The van der Waals surface area contributed by atoms with E-state index in [1.54, 1.807) is 13.8 Å². The summed E-state index contributed by atoms with van der Waals surface area (Å²) in [6, 6.07) is 2.96. The Balaban J connectivity index is 3.36. The Morgan fingerprint density at radius 3 is 2.33 bits per heavy atom. The van der Waals surface area contributed by atoms with Gasteiger partial charge in [-0.1, -0.05) is 0 Å². The van der Waals surface area contributed by atoms with Crippen molar-refractivity contribution in [3.05, 3.63) is 35.4 Å². The van der Waals surface area contributed by atoms with Crippen LogP contribution in [0.25, 0.3) is 0 Å². The minimum Gasteiger partial charge on any atom is -0.465 e. The van der Waals surface area contributed by atoms with E-state index in [0.29, 0.717) is 0 Å². The fourth-order valence-corrected chi connectivity index (χ4v) is 2.28. The normalized spacial score (nSPS) is 15.3. The maximum atomic E-state index is 13.5. The van der Waals surface area contributed by atoms with E-state index >= 15 is 0 Å². The van der Waals surface area contributed by atoms with Crippen LogP contribution in [-0.2, 0) is 19.7 Å². The number of carbonyl (C=O) groups is 1. The number of rotatable bonds is 7. The predicted octanol–water partition coefficient (Wildman–Crippen LogP) is 2.15. The fraction of sp³-hybridized carbons (Fsp3) is 0.533. The summed E-state index contributed by atoms with van der Waals surface area (Å²) < 4.78 is 37.2.